The zero-order valence-electron chi connectivity index (χ0n) is 10.1. The molecule has 4 nitrogen and oxygen atoms in total. The van der Waals surface area contributed by atoms with Gasteiger partial charge in [0.25, 0.3) is 0 Å². The second-order valence-corrected chi connectivity index (χ2v) is 5.72. The highest BCUT2D eigenvalue weighted by Crippen LogP contribution is 2.48. The highest BCUT2D eigenvalue weighted by atomic mass is 79.9. The molecule has 0 heterocycles. The number of nitrogens with one attached hydrogen (secondary N) is 1. The smallest absolute Gasteiger partial charge is 0.147 e. The fraction of sp³-hybridized carbons (Fsp3) is 0.417. The summed E-state index contributed by atoms with van der Waals surface area (Å²) in [5, 5.41) is 14.4. The summed E-state index contributed by atoms with van der Waals surface area (Å²) in [4.78, 5) is 0. The van der Waals surface area contributed by atoms with Crippen molar-refractivity contribution in [3.8, 4) is 0 Å². The van der Waals surface area contributed by atoms with Gasteiger partial charge in [0.15, 0.2) is 0 Å². The maximum Gasteiger partial charge on any atom is 0.147 e. The molecule has 0 unspecified atom stereocenters. The van der Waals surface area contributed by atoms with Crippen LogP contribution >= 0.6 is 15.9 Å². The molecule has 0 aromatic heterocycles. The number of halogens is 3. The quantitative estimate of drug-likeness (QED) is 0.255. The van der Waals surface area contributed by atoms with Crippen LogP contribution in [-0.2, 0) is 0 Å². The number of anilines is 1. The van der Waals surface area contributed by atoms with E-state index in [4.69, 9.17) is 10.9 Å². The van der Waals surface area contributed by atoms with E-state index in [1.165, 1.54) is 0 Å². The lowest BCUT2D eigenvalue weighted by atomic mass is 10.0. The molecule has 1 aromatic carbocycles. The minimum absolute atomic E-state index is 0.0911. The Morgan fingerprint density at radius 3 is 2.68 bits per heavy atom. The standard InChI is InChI=1S/C12H14BrF2N3O/c13-7-3-9(15)10(4-8(7)14)17-6-12(1-2-12)5-11(16)18-19/h3-4,17,19H,1-2,5-6H2,(H2,16,18). The number of nitrogens with two attached hydrogens (primary N) is 1. The molecule has 1 fully saturated rings. The van der Waals surface area contributed by atoms with Crippen molar-refractivity contribution < 1.29 is 14.0 Å². The lowest BCUT2D eigenvalue weighted by molar-refractivity contribution is 0.315. The van der Waals surface area contributed by atoms with E-state index in [1.54, 1.807) is 0 Å². The third kappa shape index (κ3) is 3.34. The van der Waals surface area contributed by atoms with E-state index in [0.717, 1.165) is 25.0 Å². The Balaban J connectivity index is 2.01. The van der Waals surface area contributed by atoms with Crippen molar-refractivity contribution in [1.29, 1.82) is 0 Å². The first-order valence-corrected chi connectivity index (χ1v) is 6.60. The minimum Gasteiger partial charge on any atom is -0.409 e. The number of amidine groups is 1. The van der Waals surface area contributed by atoms with Crippen molar-refractivity contribution in [2.75, 3.05) is 11.9 Å². The van der Waals surface area contributed by atoms with Gasteiger partial charge in [-0.15, -0.1) is 0 Å². The molecule has 104 valence electrons. The average Bonchev–Trinajstić information content (AvgIpc) is 3.12. The summed E-state index contributed by atoms with van der Waals surface area (Å²) in [6.07, 6.45) is 2.27. The van der Waals surface area contributed by atoms with Crippen LogP contribution in [0.1, 0.15) is 19.3 Å². The van der Waals surface area contributed by atoms with Crippen molar-refractivity contribution in [3.63, 3.8) is 0 Å². The van der Waals surface area contributed by atoms with Crippen molar-refractivity contribution >= 4 is 27.5 Å². The molecule has 2 rings (SSSR count). The maximum absolute atomic E-state index is 13.6. The molecule has 1 saturated carbocycles. The SMILES string of the molecule is N/C(CC1(CNc2cc(F)c(Br)cc2F)CC1)=N/O. The van der Waals surface area contributed by atoms with Crippen molar-refractivity contribution in [2.24, 2.45) is 16.3 Å². The van der Waals surface area contributed by atoms with Crippen LogP contribution in [0.4, 0.5) is 14.5 Å². The molecule has 0 atom stereocenters. The second-order valence-electron chi connectivity index (χ2n) is 4.87. The molecular formula is C12H14BrF2N3O. The van der Waals surface area contributed by atoms with Crippen LogP contribution in [0, 0.1) is 17.0 Å². The van der Waals surface area contributed by atoms with Gasteiger partial charge in [-0.05, 0) is 40.3 Å². The summed E-state index contributed by atoms with van der Waals surface area (Å²) in [5.74, 6) is -0.889. The molecule has 0 aliphatic heterocycles. The Morgan fingerprint density at radius 2 is 2.11 bits per heavy atom. The lowest BCUT2D eigenvalue weighted by Gasteiger charge is -2.16. The highest BCUT2D eigenvalue weighted by Gasteiger charge is 2.43. The number of benzene rings is 1. The normalized spacial score (nSPS) is 17.3. The van der Waals surface area contributed by atoms with E-state index in [9.17, 15) is 8.78 Å². The minimum atomic E-state index is -0.523. The van der Waals surface area contributed by atoms with Crippen molar-refractivity contribution in [2.45, 2.75) is 19.3 Å². The molecule has 1 aromatic rings. The summed E-state index contributed by atoms with van der Waals surface area (Å²) >= 11 is 2.92. The van der Waals surface area contributed by atoms with Crippen LogP contribution in [0.15, 0.2) is 21.8 Å². The second kappa shape index (κ2) is 5.32. The van der Waals surface area contributed by atoms with Crippen LogP contribution in [0.2, 0.25) is 0 Å². The predicted octanol–water partition coefficient (Wildman–Crippen LogP) is 3.06. The van der Waals surface area contributed by atoms with Gasteiger partial charge in [-0.25, -0.2) is 8.78 Å². The highest BCUT2D eigenvalue weighted by molar-refractivity contribution is 9.10. The molecule has 4 N–H and O–H groups in total. The molecule has 0 saturated heterocycles. The van der Waals surface area contributed by atoms with Gasteiger partial charge < -0.3 is 16.3 Å². The van der Waals surface area contributed by atoms with Gasteiger partial charge in [0.05, 0.1) is 10.2 Å². The van der Waals surface area contributed by atoms with E-state index in [0.29, 0.717) is 13.0 Å². The van der Waals surface area contributed by atoms with Crippen molar-refractivity contribution in [1.82, 2.24) is 0 Å². The van der Waals surface area contributed by atoms with Crippen LogP contribution in [-0.4, -0.2) is 17.6 Å². The van der Waals surface area contributed by atoms with Crippen LogP contribution in [0.25, 0.3) is 0 Å². The topological polar surface area (TPSA) is 70.6 Å². The summed E-state index contributed by atoms with van der Waals surface area (Å²) in [6, 6.07) is 2.19. The van der Waals surface area contributed by atoms with Gasteiger partial charge >= 0.3 is 0 Å². The first-order valence-electron chi connectivity index (χ1n) is 5.81. The molecule has 0 bridgehead atoms. The van der Waals surface area contributed by atoms with E-state index in [1.807, 2.05) is 0 Å². The maximum atomic E-state index is 13.6. The van der Waals surface area contributed by atoms with Gasteiger partial charge in [-0.1, -0.05) is 5.16 Å². The van der Waals surface area contributed by atoms with Gasteiger partial charge in [0, 0.05) is 19.0 Å². The average molecular weight is 334 g/mol. The Labute approximate surface area is 117 Å². The largest absolute Gasteiger partial charge is 0.409 e. The predicted molar refractivity (Wildman–Crippen MR) is 72.2 cm³/mol. The zero-order chi connectivity index (χ0) is 14.0. The molecule has 0 amide bonds. The van der Waals surface area contributed by atoms with Crippen LogP contribution in [0.5, 0.6) is 0 Å². The van der Waals surface area contributed by atoms with Crippen molar-refractivity contribution in [3.05, 3.63) is 28.2 Å². The number of hydrogen-bond donors (Lipinski definition) is 3. The van der Waals surface area contributed by atoms with Gasteiger partial charge in [0.1, 0.15) is 17.5 Å². The summed E-state index contributed by atoms with van der Waals surface area (Å²) in [5.41, 5.74) is 5.47. The molecular weight excluding hydrogens is 320 g/mol. The van der Waals surface area contributed by atoms with Crippen LogP contribution < -0.4 is 11.1 Å². The van der Waals surface area contributed by atoms with Gasteiger partial charge in [0.2, 0.25) is 0 Å². The lowest BCUT2D eigenvalue weighted by Crippen LogP contribution is -2.24. The fourth-order valence-corrected chi connectivity index (χ4v) is 2.27. The Kier molecular flexibility index (Phi) is 3.93. The first kappa shape index (κ1) is 14.0. The summed E-state index contributed by atoms with van der Waals surface area (Å²) in [7, 11) is 0. The van der Waals surface area contributed by atoms with Gasteiger partial charge in [-0.3, -0.25) is 0 Å². The van der Waals surface area contributed by atoms with Gasteiger partial charge in [-0.2, -0.15) is 0 Å². The molecule has 1 aliphatic rings. The molecule has 7 heteroatoms. The fourth-order valence-electron chi connectivity index (χ4n) is 1.95. The Hall–Kier alpha value is -1.37. The summed E-state index contributed by atoms with van der Waals surface area (Å²) < 4.78 is 27.0. The van der Waals surface area contributed by atoms with E-state index >= 15 is 0 Å². The number of nitrogens with zero attached hydrogens (tertiary/aromatic N) is 1. The molecule has 19 heavy (non-hydrogen) atoms. The number of hydrogen-bond acceptors (Lipinski definition) is 3. The van der Waals surface area contributed by atoms with E-state index in [2.05, 4.69) is 26.4 Å². The monoisotopic (exact) mass is 333 g/mol. The Morgan fingerprint density at radius 1 is 1.42 bits per heavy atom. The Bertz CT molecular complexity index is 518. The third-order valence-electron chi connectivity index (χ3n) is 3.31. The molecule has 0 radical (unpaired) electrons. The number of oxime groups is 1. The number of rotatable bonds is 5. The van der Waals surface area contributed by atoms with Crippen LogP contribution in [0.3, 0.4) is 0 Å². The summed E-state index contributed by atoms with van der Waals surface area (Å²) in [6.45, 7) is 0.460. The molecule has 1 aliphatic carbocycles. The third-order valence-corrected chi connectivity index (χ3v) is 3.91. The molecule has 0 spiro atoms. The first-order chi connectivity index (χ1) is 8.96. The van der Waals surface area contributed by atoms with E-state index in [-0.39, 0.29) is 21.4 Å². The zero-order valence-corrected chi connectivity index (χ0v) is 11.7. The van der Waals surface area contributed by atoms with E-state index < -0.39 is 11.6 Å².